The van der Waals surface area contributed by atoms with Crippen molar-refractivity contribution >= 4 is 5.82 Å². The lowest BCUT2D eigenvalue weighted by Crippen LogP contribution is -2.19. The number of anilines is 1. The molecule has 0 saturated heterocycles. The fraction of sp³-hybridized carbons (Fsp3) is 0.308. The number of nitrogens with zero attached hydrogens (tertiary/aromatic N) is 4. The number of hydrogen-bond donors (Lipinski definition) is 1. The van der Waals surface area contributed by atoms with Crippen molar-refractivity contribution in [2.24, 2.45) is 0 Å². The van der Waals surface area contributed by atoms with Gasteiger partial charge in [-0.3, -0.25) is 9.97 Å². The Balaban J connectivity index is 2.09. The van der Waals surface area contributed by atoms with Gasteiger partial charge in [0.25, 0.3) is 0 Å². The first-order valence-corrected chi connectivity index (χ1v) is 5.74. The SMILES string of the molecule is Cc1cccc(CN(C)c2cnc(CO)cn2)n1. The first-order valence-electron chi connectivity index (χ1n) is 5.74. The topological polar surface area (TPSA) is 62.1 Å². The molecule has 5 nitrogen and oxygen atoms in total. The van der Waals surface area contributed by atoms with Gasteiger partial charge < -0.3 is 10.0 Å². The number of hydrogen-bond acceptors (Lipinski definition) is 5. The molecule has 0 radical (unpaired) electrons. The molecular formula is C13H16N4O. The minimum absolute atomic E-state index is 0.0869. The van der Waals surface area contributed by atoms with Crippen LogP contribution in [0, 0.1) is 6.92 Å². The molecule has 0 aliphatic carbocycles. The largest absolute Gasteiger partial charge is 0.390 e. The standard InChI is InChI=1S/C13H16N4O/c1-10-4-3-5-11(16-10)8-17(2)13-7-14-12(9-18)6-15-13/h3-7,18H,8-9H2,1-2H3. The average Bonchev–Trinajstić information content (AvgIpc) is 2.39. The molecule has 0 saturated carbocycles. The van der Waals surface area contributed by atoms with E-state index in [0.717, 1.165) is 17.2 Å². The zero-order valence-corrected chi connectivity index (χ0v) is 10.5. The zero-order valence-electron chi connectivity index (χ0n) is 10.5. The molecule has 2 heterocycles. The van der Waals surface area contributed by atoms with Crippen LogP contribution in [0.1, 0.15) is 17.1 Å². The number of aliphatic hydroxyl groups is 1. The molecule has 0 atom stereocenters. The fourth-order valence-corrected chi connectivity index (χ4v) is 1.64. The Morgan fingerprint density at radius 1 is 1.17 bits per heavy atom. The van der Waals surface area contributed by atoms with E-state index in [0.29, 0.717) is 12.2 Å². The van der Waals surface area contributed by atoms with Crippen LogP contribution >= 0.6 is 0 Å². The van der Waals surface area contributed by atoms with E-state index in [2.05, 4.69) is 15.0 Å². The van der Waals surface area contributed by atoms with E-state index in [-0.39, 0.29) is 6.61 Å². The quantitative estimate of drug-likeness (QED) is 0.878. The smallest absolute Gasteiger partial charge is 0.147 e. The number of pyridine rings is 1. The normalized spacial score (nSPS) is 10.4. The molecule has 2 rings (SSSR count). The number of aliphatic hydroxyl groups excluding tert-OH is 1. The molecule has 0 amide bonds. The van der Waals surface area contributed by atoms with E-state index < -0.39 is 0 Å². The fourth-order valence-electron chi connectivity index (χ4n) is 1.64. The summed E-state index contributed by atoms with van der Waals surface area (Å²) in [6.07, 6.45) is 3.23. The Hall–Kier alpha value is -2.01. The summed E-state index contributed by atoms with van der Waals surface area (Å²) in [7, 11) is 1.94. The lowest BCUT2D eigenvalue weighted by Gasteiger charge is -2.17. The Kier molecular flexibility index (Phi) is 3.84. The van der Waals surface area contributed by atoms with Gasteiger partial charge >= 0.3 is 0 Å². The summed E-state index contributed by atoms with van der Waals surface area (Å²) < 4.78 is 0. The van der Waals surface area contributed by atoms with Gasteiger partial charge in [0, 0.05) is 12.7 Å². The van der Waals surface area contributed by atoms with Gasteiger partial charge in [0.1, 0.15) is 5.82 Å². The molecule has 0 aromatic carbocycles. The molecule has 5 heteroatoms. The number of aromatic nitrogens is 3. The molecule has 0 fully saturated rings. The van der Waals surface area contributed by atoms with Crippen molar-refractivity contribution in [2.75, 3.05) is 11.9 Å². The van der Waals surface area contributed by atoms with Gasteiger partial charge in [-0.1, -0.05) is 6.07 Å². The molecule has 2 aromatic heterocycles. The summed E-state index contributed by atoms with van der Waals surface area (Å²) in [4.78, 5) is 14.8. The van der Waals surface area contributed by atoms with E-state index in [1.54, 1.807) is 12.4 Å². The van der Waals surface area contributed by atoms with Crippen LogP contribution < -0.4 is 4.90 Å². The van der Waals surface area contributed by atoms with Crippen LogP contribution in [-0.2, 0) is 13.2 Å². The van der Waals surface area contributed by atoms with Crippen molar-refractivity contribution in [3.63, 3.8) is 0 Å². The summed E-state index contributed by atoms with van der Waals surface area (Å²) in [6, 6.07) is 5.95. The predicted octanol–water partition coefficient (Wildman–Crippen LogP) is 1.31. The second-order valence-corrected chi connectivity index (χ2v) is 4.15. The van der Waals surface area contributed by atoms with Gasteiger partial charge in [-0.05, 0) is 19.1 Å². The van der Waals surface area contributed by atoms with Crippen LogP contribution in [0.25, 0.3) is 0 Å². The molecule has 0 aliphatic rings. The molecular weight excluding hydrogens is 228 g/mol. The first-order chi connectivity index (χ1) is 8.69. The predicted molar refractivity (Wildman–Crippen MR) is 69.0 cm³/mol. The van der Waals surface area contributed by atoms with Gasteiger partial charge in [-0.15, -0.1) is 0 Å². The second-order valence-electron chi connectivity index (χ2n) is 4.15. The van der Waals surface area contributed by atoms with Crippen molar-refractivity contribution in [3.05, 3.63) is 47.7 Å². The van der Waals surface area contributed by atoms with E-state index in [9.17, 15) is 0 Å². The highest BCUT2D eigenvalue weighted by Crippen LogP contribution is 2.10. The molecule has 0 aliphatic heterocycles. The highest BCUT2D eigenvalue weighted by molar-refractivity contribution is 5.35. The monoisotopic (exact) mass is 244 g/mol. The van der Waals surface area contributed by atoms with Gasteiger partial charge in [0.15, 0.2) is 0 Å². The van der Waals surface area contributed by atoms with Crippen molar-refractivity contribution in [3.8, 4) is 0 Å². The molecule has 0 unspecified atom stereocenters. The summed E-state index contributed by atoms with van der Waals surface area (Å²) >= 11 is 0. The molecule has 0 spiro atoms. The maximum atomic E-state index is 8.91. The summed E-state index contributed by atoms with van der Waals surface area (Å²) in [5.74, 6) is 0.760. The third-order valence-corrected chi connectivity index (χ3v) is 2.59. The van der Waals surface area contributed by atoms with E-state index in [1.807, 2.05) is 37.1 Å². The summed E-state index contributed by atoms with van der Waals surface area (Å²) in [5, 5.41) is 8.91. The summed E-state index contributed by atoms with van der Waals surface area (Å²) in [5.41, 5.74) is 2.56. The van der Waals surface area contributed by atoms with Crippen LogP contribution in [0.2, 0.25) is 0 Å². The van der Waals surface area contributed by atoms with Gasteiger partial charge in [0.05, 0.1) is 36.9 Å². The minimum atomic E-state index is -0.0869. The van der Waals surface area contributed by atoms with Crippen molar-refractivity contribution in [1.29, 1.82) is 0 Å². The van der Waals surface area contributed by atoms with Crippen molar-refractivity contribution in [2.45, 2.75) is 20.1 Å². The third-order valence-electron chi connectivity index (χ3n) is 2.59. The highest BCUT2D eigenvalue weighted by atomic mass is 16.3. The van der Waals surface area contributed by atoms with Gasteiger partial charge in [-0.25, -0.2) is 4.98 Å². The second kappa shape index (κ2) is 5.55. The number of aryl methyl sites for hydroxylation is 1. The lowest BCUT2D eigenvalue weighted by atomic mass is 10.3. The Bertz CT molecular complexity index is 513. The average molecular weight is 244 g/mol. The number of rotatable bonds is 4. The Morgan fingerprint density at radius 3 is 2.61 bits per heavy atom. The minimum Gasteiger partial charge on any atom is -0.390 e. The van der Waals surface area contributed by atoms with E-state index >= 15 is 0 Å². The Labute approximate surface area is 106 Å². The maximum absolute atomic E-state index is 8.91. The molecule has 2 aromatic rings. The molecule has 18 heavy (non-hydrogen) atoms. The molecule has 0 bridgehead atoms. The third kappa shape index (κ3) is 3.01. The zero-order chi connectivity index (χ0) is 13.0. The first kappa shape index (κ1) is 12.4. The van der Waals surface area contributed by atoms with E-state index in [4.69, 9.17) is 5.11 Å². The maximum Gasteiger partial charge on any atom is 0.147 e. The summed E-state index contributed by atoms with van der Waals surface area (Å²) in [6.45, 7) is 2.56. The van der Waals surface area contributed by atoms with Crippen LogP contribution in [0.15, 0.2) is 30.6 Å². The van der Waals surface area contributed by atoms with Crippen LogP contribution in [0.3, 0.4) is 0 Å². The van der Waals surface area contributed by atoms with Crippen LogP contribution in [0.4, 0.5) is 5.82 Å². The van der Waals surface area contributed by atoms with Crippen LogP contribution in [0.5, 0.6) is 0 Å². The van der Waals surface area contributed by atoms with Gasteiger partial charge in [0.2, 0.25) is 0 Å². The van der Waals surface area contributed by atoms with Crippen LogP contribution in [-0.4, -0.2) is 27.1 Å². The molecule has 1 N–H and O–H groups in total. The highest BCUT2D eigenvalue weighted by Gasteiger charge is 2.05. The Morgan fingerprint density at radius 2 is 2.00 bits per heavy atom. The van der Waals surface area contributed by atoms with Crippen molar-refractivity contribution in [1.82, 2.24) is 15.0 Å². The van der Waals surface area contributed by atoms with Gasteiger partial charge in [-0.2, -0.15) is 0 Å². The molecule has 94 valence electrons. The van der Waals surface area contributed by atoms with Crippen molar-refractivity contribution < 1.29 is 5.11 Å². The van der Waals surface area contributed by atoms with E-state index in [1.165, 1.54) is 0 Å². The lowest BCUT2D eigenvalue weighted by molar-refractivity contribution is 0.276.